The van der Waals surface area contributed by atoms with E-state index in [1.807, 2.05) is 6.26 Å². The van der Waals surface area contributed by atoms with Gasteiger partial charge in [-0.3, -0.25) is 14.9 Å². The lowest BCUT2D eigenvalue weighted by molar-refractivity contribution is -0.384. The van der Waals surface area contributed by atoms with Gasteiger partial charge in [0, 0.05) is 29.5 Å². The van der Waals surface area contributed by atoms with Crippen LogP contribution in [0.1, 0.15) is 25.8 Å². The molecule has 21 heavy (non-hydrogen) atoms. The highest BCUT2D eigenvalue weighted by molar-refractivity contribution is 7.99. The zero-order chi connectivity index (χ0) is 15.6. The Labute approximate surface area is 127 Å². The molecular weight excluding hydrogens is 290 g/mol. The summed E-state index contributed by atoms with van der Waals surface area (Å²) >= 11 is 1.69. The summed E-state index contributed by atoms with van der Waals surface area (Å²) in [5.74, 6) is -0.0493. The first kappa shape index (κ1) is 15.6. The van der Waals surface area contributed by atoms with Crippen LogP contribution in [0, 0.1) is 10.1 Å². The highest BCUT2D eigenvalue weighted by Crippen LogP contribution is 2.35. The minimum absolute atomic E-state index is 0.0347. The molecule has 1 aromatic rings. The van der Waals surface area contributed by atoms with Crippen LogP contribution >= 0.6 is 11.8 Å². The lowest BCUT2D eigenvalue weighted by Gasteiger charge is -2.24. The molecular formula is C14H19N3O3S. The number of nitro groups is 1. The fraction of sp³-hybridized carbons (Fsp3) is 0.500. The molecule has 1 aliphatic rings. The van der Waals surface area contributed by atoms with E-state index in [2.05, 4.69) is 24.5 Å². The number of nitrogens with zero attached hydrogens (tertiary/aromatic N) is 1. The maximum atomic E-state index is 11.5. The van der Waals surface area contributed by atoms with Crippen LogP contribution in [0.4, 0.5) is 17.1 Å². The van der Waals surface area contributed by atoms with Crippen molar-refractivity contribution in [2.45, 2.75) is 31.4 Å². The molecule has 1 aliphatic heterocycles. The Bertz CT molecular complexity index is 587. The quantitative estimate of drug-likeness (QED) is 0.645. The molecule has 0 saturated carbocycles. The second-order valence-electron chi connectivity index (χ2n) is 5.65. The molecule has 0 aliphatic carbocycles. The van der Waals surface area contributed by atoms with Gasteiger partial charge >= 0.3 is 0 Å². The Morgan fingerprint density at radius 2 is 2.14 bits per heavy atom. The van der Waals surface area contributed by atoms with Crippen LogP contribution in [0.25, 0.3) is 0 Å². The molecule has 0 fully saturated rings. The molecule has 0 atom stereocenters. The van der Waals surface area contributed by atoms with Gasteiger partial charge in [-0.2, -0.15) is 11.8 Å². The van der Waals surface area contributed by atoms with E-state index in [1.54, 1.807) is 23.9 Å². The van der Waals surface area contributed by atoms with Gasteiger partial charge in [-0.15, -0.1) is 0 Å². The molecule has 0 spiro atoms. The van der Waals surface area contributed by atoms with Crippen LogP contribution in [-0.2, 0) is 11.2 Å². The fourth-order valence-corrected chi connectivity index (χ4v) is 2.31. The summed E-state index contributed by atoms with van der Waals surface area (Å²) in [6.45, 7) is 4.73. The smallest absolute Gasteiger partial charge is 0.292 e. The van der Waals surface area contributed by atoms with Crippen LogP contribution in [0.5, 0.6) is 0 Å². The van der Waals surface area contributed by atoms with E-state index in [9.17, 15) is 14.9 Å². The van der Waals surface area contributed by atoms with Crippen LogP contribution in [0.2, 0.25) is 0 Å². The molecule has 1 heterocycles. The molecule has 2 rings (SSSR count). The maximum absolute atomic E-state index is 11.5. The number of carbonyl (C=O) groups is 1. The zero-order valence-electron chi connectivity index (χ0n) is 12.4. The number of hydrogen-bond donors (Lipinski definition) is 2. The second kappa shape index (κ2) is 5.93. The van der Waals surface area contributed by atoms with Crippen LogP contribution in [0.3, 0.4) is 0 Å². The van der Waals surface area contributed by atoms with Crippen molar-refractivity contribution >= 4 is 34.7 Å². The summed E-state index contributed by atoms with van der Waals surface area (Å²) in [6.07, 6.45) is 2.91. The molecule has 0 unspecified atom stereocenters. The standard InChI is InChI=1S/C14H19N3O3S/c1-14(2,21-3)8-15-11-7-10-9(4-5-13(18)16-10)6-12(11)17(19)20/h6-7,15H,4-5,8H2,1-3H3,(H,16,18). The van der Waals surface area contributed by atoms with Crippen molar-refractivity contribution in [3.63, 3.8) is 0 Å². The molecule has 7 heteroatoms. The van der Waals surface area contributed by atoms with E-state index in [1.165, 1.54) is 0 Å². The largest absolute Gasteiger partial charge is 0.378 e. The van der Waals surface area contributed by atoms with Crippen molar-refractivity contribution in [2.75, 3.05) is 23.4 Å². The normalized spacial score (nSPS) is 14.3. The topological polar surface area (TPSA) is 84.3 Å². The molecule has 1 aromatic carbocycles. The van der Waals surface area contributed by atoms with Crippen molar-refractivity contribution in [3.05, 3.63) is 27.8 Å². The third kappa shape index (κ3) is 3.66. The number of fused-ring (bicyclic) bond motifs is 1. The molecule has 114 valence electrons. The maximum Gasteiger partial charge on any atom is 0.292 e. The van der Waals surface area contributed by atoms with Gasteiger partial charge < -0.3 is 10.6 Å². The first-order valence-corrected chi connectivity index (χ1v) is 7.95. The van der Waals surface area contributed by atoms with Crippen molar-refractivity contribution in [2.24, 2.45) is 0 Å². The van der Waals surface area contributed by atoms with Crippen molar-refractivity contribution in [3.8, 4) is 0 Å². The van der Waals surface area contributed by atoms with Gasteiger partial charge in [0.1, 0.15) is 5.69 Å². The van der Waals surface area contributed by atoms with E-state index in [0.29, 0.717) is 30.8 Å². The average molecular weight is 309 g/mol. The number of nitro benzene ring substituents is 1. The third-order valence-electron chi connectivity index (χ3n) is 3.57. The minimum atomic E-state index is -0.384. The highest BCUT2D eigenvalue weighted by Gasteiger charge is 2.24. The monoisotopic (exact) mass is 309 g/mol. The first-order chi connectivity index (χ1) is 9.82. The molecule has 0 aromatic heterocycles. The molecule has 0 radical (unpaired) electrons. The highest BCUT2D eigenvalue weighted by atomic mass is 32.2. The van der Waals surface area contributed by atoms with Gasteiger partial charge in [-0.25, -0.2) is 0 Å². The number of amides is 1. The summed E-state index contributed by atoms with van der Waals surface area (Å²) in [4.78, 5) is 22.3. The summed E-state index contributed by atoms with van der Waals surface area (Å²) in [5, 5.41) is 17.1. The van der Waals surface area contributed by atoms with Gasteiger partial charge in [0.15, 0.2) is 0 Å². The summed E-state index contributed by atoms with van der Waals surface area (Å²) in [7, 11) is 0. The Balaban J connectivity index is 2.32. The third-order valence-corrected chi connectivity index (χ3v) is 4.82. The van der Waals surface area contributed by atoms with Crippen molar-refractivity contribution < 1.29 is 9.72 Å². The number of aryl methyl sites for hydroxylation is 1. The summed E-state index contributed by atoms with van der Waals surface area (Å²) < 4.78 is -0.0347. The molecule has 0 saturated heterocycles. The van der Waals surface area contributed by atoms with E-state index in [4.69, 9.17) is 0 Å². The van der Waals surface area contributed by atoms with E-state index >= 15 is 0 Å². The lowest BCUT2D eigenvalue weighted by Crippen LogP contribution is -2.26. The van der Waals surface area contributed by atoms with Gasteiger partial charge in [0.25, 0.3) is 5.69 Å². The predicted octanol–water partition coefficient (Wildman–Crippen LogP) is 3.03. The Hall–Kier alpha value is -1.76. The molecule has 0 bridgehead atoms. The van der Waals surface area contributed by atoms with Gasteiger partial charge in [-0.1, -0.05) is 0 Å². The van der Waals surface area contributed by atoms with Crippen LogP contribution in [0.15, 0.2) is 12.1 Å². The SMILES string of the molecule is CSC(C)(C)CNc1cc2c(cc1[N+](=O)[O-])CCC(=O)N2. The number of benzene rings is 1. The number of nitrogens with one attached hydrogen (secondary N) is 2. The molecule has 1 amide bonds. The minimum Gasteiger partial charge on any atom is -0.378 e. The summed E-state index contributed by atoms with van der Waals surface area (Å²) in [6, 6.07) is 3.23. The number of carbonyl (C=O) groups excluding carboxylic acids is 1. The van der Waals surface area contributed by atoms with Crippen LogP contribution < -0.4 is 10.6 Å². The lowest BCUT2D eigenvalue weighted by atomic mass is 10.0. The fourth-order valence-electron chi connectivity index (χ4n) is 2.09. The van der Waals surface area contributed by atoms with E-state index in [-0.39, 0.29) is 21.3 Å². The van der Waals surface area contributed by atoms with Crippen molar-refractivity contribution in [1.82, 2.24) is 0 Å². The van der Waals surface area contributed by atoms with Crippen LogP contribution in [-0.4, -0.2) is 28.4 Å². The average Bonchev–Trinajstić information content (AvgIpc) is 2.44. The van der Waals surface area contributed by atoms with E-state index < -0.39 is 0 Å². The van der Waals surface area contributed by atoms with Gasteiger partial charge in [-0.05, 0) is 38.2 Å². The Kier molecular flexibility index (Phi) is 4.41. The summed E-state index contributed by atoms with van der Waals surface area (Å²) in [5.41, 5.74) is 1.99. The molecule has 2 N–H and O–H groups in total. The van der Waals surface area contributed by atoms with E-state index in [0.717, 1.165) is 5.56 Å². The Morgan fingerprint density at radius 3 is 2.76 bits per heavy atom. The number of hydrogen-bond acceptors (Lipinski definition) is 5. The Morgan fingerprint density at radius 1 is 1.43 bits per heavy atom. The number of rotatable bonds is 5. The second-order valence-corrected chi connectivity index (χ2v) is 7.16. The van der Waals surface area contributed by atoms with Gasteiger partial charge in [0.05, 0.1) is 4.92 Å². The van der Waals surface area contributed by atoms with Gasteiger partial charge in [0.2, 0.25) is 5.91 Å². The number of anilines is 2. The molecule has 6 nitrogen and oxygen atoms in total. The van der Waals surface area contributed by atoms with Crippen molar-refractivity contribution in [1.29, 1.82) is 0 Å². The predicted molar refractivity (Wildman–Crippen MR) is 86.1 cm³/mol. The zero-order valence-corrected chi connectivity index (χ0v) is 13.2. The first-order valence-electron chi connectivity index (χ1n) is 6.72. The number of thioether (sulfide) groups is 1.